The van der Waals surface area contributed by atoms with Crippen LogP contribution in [0.1, 0.15) is 19.1 Å². The molecular formula is C9H13N3O12P3-3. The summed E-state index contributed by atoms with van der Waals surface area (Å²) in [5.41, 5.74) is 4.68. The number of nitrogen functional groups attached to an aromatic ring is 1. The van der Waals surface area contributed by atoms with Crippen molar-refractivity contribution in [1.82, 2.24) is 9.55 Å². The number of phosphoric acid groups is 3. The first-order chi connectivity index (χ1) is 12.3. The zero-order valence-electron chi connectivity index (χ0n) is 13.2. The molecule has 0 aliphatic carbocycles. The molecule has 2 rings (SSSR count). The van der Waals surface area contributed by atoms with E-state index in [1.165, 1.54) is 12.3 Å². The highest BCUT2D eigenvalue weighted by molar-refractivity contribution is 7.65. The predicted molar refractivity (Wildman–Crippen MR) is 79.2 cm³/mol. The Balaban J connectivity index is 1.91. The summed E-state index contributed by atoms with van der Waals surface area (Å²) < 4.78 is 50.3. The van der Waals surface area contributed by atoms with E-state index >= 15 is 0 Å². The van der Waals surface area contributed by atoms with Gasteiger partial charge in [-0.3, -0.25) is 18.3 Å². The highest BCUT2D eigenvalue weighted by Gasteiger charge is 2.30. The summed E-state index contributed by atoms with van der Waals surface area (Å²) in [5.74, 6) is 0.00772. The largest absolute Gasteiger partial charge is 0.756 e. The minimum Gasteiger partial charge on any atom is -0.756 e. The highest BCUT2D eigenvalue weighted by Crippen LogP contribution is 2.61. The molecule has 3 N–H and O–H groups in total. The van der Waals surface area contributed by atoms with Crippen LogP contribution in [0.3, 0.4) is 0 Å². The quantitative estimate of drug-likeness (QED) is 0.407. The van der Waals surface area contributed by atoms with Crippen molar-refractivity contribution in [1.29, 1.82) is 0 Å². The lowest BCUT2D eigenvalue weighted by Gasteiger charge is -2.32. The average molecular weight is 448 g/mol. The topological polar surface area (TPSA) is 238 Å². The van der Waals surface area contributed by atoms with Gasteiger partial charge in [-0.05, 0) is 18.9 Å². The van der Waals surface area contributed by atoms with Crippen molar-refractivity contribution in [3.63, 3.8) is 0 Å². The van der Waals surface area contributed by atoms with Crippen molar-refractivity contribution in [3.05, 3.63) is 22.7 Å². The van der Waals surface area contributed by atoms with Crippen molar-refractivity contribution < 1.29 is 51.2 Å². The molecule has 15 nitrogen and oxygen atoms in total. The number of hydrogen-bond acceptors (Lipinski definition) is 13. The first-order valence-corrected chi connectivity index (χ1v) is 11.4. The van der Waals surface area contributed by atoms with E-state index in [9.17, 15) is 33.2 Å². The van der Waals surface area contributed by atoms with Gasteiger partial charge in [0.1, 0.15) is 12.0 Å². The monoisotopic (exact) mass is 448 g/mol. The van der Waals surface area contributed by atoms with Crippen LogP contribution in [0.2, 0.25) is 0 Å². The molecule has 0 spiro atoms. The fourth-order valence-electron chi connectivity index (χ4n) is 2.12. The van der Waals surface area contributed by atoms with Crippen LogP contribution in [0.25, 0.3) is 0 Å². The van der Waals surface area contributed by atoms with Gasteiger partial charge < -0.3 is 34.6 Å². The molecule has 1 saturated heterocycles. The fourth-order valence-corrected chi connectivity index (χ4v) is 5.04. The number of rotatable bonds is 8. The number of ether oxygens (including phenoxy) is 1. The smallest absolute Gasteiger partial charge is 0.351 e. The normalized spacial score (nSPS) is 26.8. The SMILES string of the molecule is Nc1ccn([C@H]2CC[C@@H](COP(=O)([O-])OP(=O)([O-])OP(=O)([O-])O)O2)c(=O)n1. The molecule has 1 aliphatic rings. The second-order valence-corrected chi connectivity index (χ2v) is 9.44. The highest BCUT2D eigenvalue weighted by atomic mass is 31.3. The molecule has 1 aromatic rings. The van der Waals surface area contributed by atoms with Gasteiger partial charge in [0.15, 0.2) is 0 Å². The van der Waals surface area contributed by atoms with E-state index in [1.54, 1.807) is 0 Å². The van der Waals surface area contributed by atoms with Gasteiger partial charge in [-0.1, -0.05) is 0 Å². The Hall–Kier alpha value is -0.950. The molecule has 1 aromatic heterocycles. The van der Waals surface area contributed by atoms with Crippen LogP contribution in [-0.4, -0.2) is 27.2 Å². The van der Waals surface area contributed by atoms with Gasteiger partial charge >= 0.3 is 5.69 Å². The number of nitrogens with zero attached hydrogens (tertiary/aromatic N) is 2. The average Bonchev–Trinajstić information content (AvgIpc) is 2.90. The molecule has 154 valence electrons. The third-order valence-electron chi connectivity index (χ3n) is 3.07. The van der Waals surface area contributed by atoms with Gasteiger partial charge in [0.25, 0.3) is 23.5 Å². The standard InChI is InChI=1S/C9H16N3O12P3/c10-7-3-4-12(9(13)11-7)8-2-1-6(22-8)5-21-26(17,18)24-27(19,20)23-25(14,15)16/h3-4,6,8H,1-2,5H2,(H,17,18)(H,19,20)(H2,10,11,13)(H2,14,15,16)/p-3/t6-,8+/m0/s1. The molecule has 18 heteroatoms. The molecule has 1 fully saturated rings. The molecule has 0 radical (unpaired) electrons. The van der Waals surface area contributed by atoms with E-state index in [-0.39, 0.29) is 18.7 Å². The summed E-state index contributed by atoms with van der Waals surface area (Å²) in [7, 11) is -17.3. The Morgan fingerprint density at radius 2 is 1.93 bits per heavy atom. The van der Waals surface area contributed by atoms with Crippen molar-refractivity contribution >= 4 is 29.3 Å². The van der Waals surface area contributed by atoms with Crippen LogP contribution >= 0.6 is 23.5 Å². The number of hydrogen-bond donors (Lipinski definition) is 2. The third-order valence-corrected chi connectivity index (χ3v) is 6.76. The van der Waals surface area contributed by atoms with Gasteiger partial charge in [-0.2, -0.15) is 4.98 Å². The van der Waals surface area contributed by atoms with E-state index in [4.69, 9.17) is 15.4 Å². The molecule has 27 heavy (non-hydrogen) atoms. The second-order valence-electron chi connectivity index (χ2n) is 5.15. The van der Waals surface area contributed by atoms with Crippen LogP contribution in [0, 0.1) is 0 Å². The van der Waals surface area contributed by atoms with Crippen molar-refractivity contribution in [2.45, 2.75) is 25.2 Å². The minimum atomic E-state index is -5.95. The maximum absolute atomic E-state index is 11.7. The van der Waals surface area contributed by atoms with Crippen LogP contribution in [0.5, 0.6) is 0 Å². The summed E-state index contributed by atoms with van der Waals surface area (Å²) in [4.78, 5) is 56.4. The van der Waals surface area contributed by atoms with Gasteiger partial charge in [0.2, 0.25) is 0 Å². The van der Waals surface area contributed by atoms with Crippen LogP contribution in [0.15, 0.2) is 17.1 Å². The Kier molecular flexibility index (Phi) is 6.78. The molecule has 0 aromatic carbocycles. The minimum absolute atomic E-state index is 0.00772. The Morgan fingerprint density at radius 1 is 1.26 bits per heavy atom. The van der Waals surface area contributed by atoms with Crippen LogP contribution in [-0.2, 0) is 31.6 Å². The van der Waals surface area contributed by atoms with E-state index in [0.717, 1.165) is 4.57 Å². The Morgan fingerprint density at radius 3 is 2.52 bits per heavy atom. The lowest BCUT2D eigenvalue weighted by Crippen LogP contribution is -2.28. The maximum atomic E-state index is 11.7. The van der Waals surface area contributed by atoms with Crippen molar-refractivity contribution in [3.8, 4) is 0 Å². The maximum Gasteiger partial charge on any atom is 0.351 e. The summed E-state index contributed by atoms with van der Waals surface area (Å²) >= 11 is 0. The molecule has 3 unspecified atom stereocenters. The molecule has 5 atom stereocenters. The fraction of sp³-hybridized carbons (Fsp3) is 0.556. The zero-order valence-corrected chi connectivity index (χ0v) is 15.9. The van der Waals surface area contributed by atoms with Gasteiger partial charge in [0, 0.05) is 6.20 Å². The molecule has 2 heterocycles. The van der Waals surface area contributed by atoms with Crippen molar-refractivity contribution in [2.75, 3.05) is 12.3 Å². The van der Waals surface area contributed by atoms with E-state index in [2.05, 4.69) is 18.1 Å². The molecule has 0 amide bonds. The number of nitrogens with two attached hydrogens (primary N) is 1. The van der Waals surface area contributed by atoms with E-state index in [0.29, 0.717) is 0 Å². The van der Waals surface area contributed by atoms with Gasteiger partial charge in [-0.25, -0.2) is 13.4 Å². The zero-order chi connectivity index (χ0) is 20.5. The first-order valence-electron chi connectivity index (χ1n) is 7.00. The van der Waals surface area contributed by atoms with Crippen LogP contribution < -0.4 is 26.1 Å². The van der Waals surface area contributed by atoms with Gasteiger partial charge in [-0.15, -0.1) is 0 Å². The lowest BCUT2D eigenvalue weighted by atomic mass is 10.2. The number of aromatic nitrogens is 2. The van der Waals surface area contributed by atoms with Crippen LogP contribution in [0.4, 0.5) is 5.82 Å². The predicted octanol–water partition coefficient (Wildman–Crippen LogP) is -2.05. The number of anilines is 1. The molecule has 1 aliphatic heterocycles. The third kappa shape index (κ3) is 7.18. The summed E-state index contributed by atoms with van der Waals surface area (Å²) in [6.07, 6.45) is 0.221. The van der Waals surface area contributed by atoms with E-state index < -0.39 is 48.1 Å². The summed E-state index contributed by atoms with van der Waals surface area (Å²) in [6.45, 7) is -0.692. The molecule has 0 saturated carbocycles. The Bertz CT molecular complexity index is 882. The Labute approximate surface area is 151 Å². The van der Waals surface area contributed by atoms with E-state index in [1.807, 2.05) is 0 Å². The lowest BCUT2D eigenvalue weighted by molar-refractivity contribution is -0.250. The molecular weight excluding hydrogens is 435 g/mol. The summed E-state index contributed by atoms with van der Waals surface area (Å²) in [5, 5.41) is 0. The first kappa shape index (κ1) is 22.3. The molecule has 0 bridgehead atoms. The van der Waals surface area contributed by atoms with Crippen molar-refractivity contribution in [2.24, 2.45) is 0 Å². The number of phosphoric ester groups is 1. The second kappa shape index (κ2) is 8.19. The summed E-state index contributed by atoms with van der Waals surface area (Å²) in [6, 6.07) is 1.36. The van der Waals surface area contributed by atoms with Gasteiger partial charge in [0.05, 0.1) is 12.7 Å².